The fourth-order valence-electron chi connectivity index (χ4n) is 4.28. The molecule has 11 nitrogen and oxygen atoms in total. The van der Waals surface area contributed by atoms with Gasteiger partial charge in [0.1, 0.15) is 22.8 Å². The van der Waals surface area contributed by atoms with Gasteiger partial charge in [0.25, 0.3) is 0 Å². The molecule has 5 rings (SSSR count). The molecular formula is C37H50N3O8+. The lowest BCUT2D eigenvalue weighted by Crippen LogP contribution is -2.48. The highest BCUT2D eigenvalue weighted by Gasteiger charge is 2.29. The number of methoxy groups -OCH3 is 2. The number of ketones is 1. The van der Waals surface area contributed by atoms with Crippen LogP contribution in [0.1, 0.15) is 66.0 Å². The van der Waals surface area contributed by atoms with E-state index in [4.69, 9.17) is 23.7 Å². The summed E-state index contributed by atoms with van der Waals surface area (Å²) in [6.45, 7) is 11.4. The first-order valence-electron chi connectivity index (χ1n) is 16.1. The molecule has 1 amide bonds. The quantitative estimate of drug-likeness (QED) is 0.267. The normalized spacial score (nSPS) is 14.9. The number of carbonyl (C=O) groups excluding carboxylic acids is 3. The molecule has 1 aromatic carbocycles. The Bertz CT molecular complexity index is 1410. The summed E-state index contributed by atoms with van der Waals surface area (Å²) in [4.78, 5) is 40.5. The molecule has 260 valence electrons. The van der Waals surface area contributed by atoms with E-state index in [0.717, 1.165) is 36.8 Å². The molecule has 2 aromatic heterocycles. The summed E-state index contributed by atoms with van der Waals surface area (Å²) in [5.41, 5.74) is 0.324. The molecule has 0 aliphatic carbocycles. The summed E-state index contributed by atoms with van der Waals surface area (Å²) in [5.74, 6) is 2.16. The third-order valence-electron chi connectivity index (χ3n) is 6.79. The van der Waals surface area contributed by atoms with Gasteiger partial charge in [-0.2, -0.15) is 4.79 Å². The van der Waals surface area contributed by atoms with Crippen molar-refractivity contribution in [3.63, 3.8) is 0 Å². The lowest BCUT2D eigenvalue weighted by molar-refractivity contribution is -0.590. The summed E-state index contributed by atoms with van der Waals surface area (Å²) in [6, 6.07) is 16.1. The number of amides is 1. The number of carbonyl (C=O) groups is 3. The van der Waals surface area contributed by atoms with Crippen molar-refractivity contribution >= 4 is 18.0 Å². The fraction of sp³-hybridized carbons (Fsp3) is 0.432. The van der Waals surface area contributed by atoms with Crippen LogP contribution in [0.3, 0.4) is 0 Å². The summed E-state index contributed by atoms with van der Waals surface area (Å²) in [6.07, 6.45) is 11.6. The molecule has 1 fully saturated rings. The minimum atomic E-state index is -0.509. The minimum Gasteiger partial charge on any atom is -0.497 e. The number of nitrogens with zero attached hydrogens (tertiary/aromatic N) is 3. The van der Waals surface area contributed by atoms with Crippen LogP contribution in [0, 0.1) is 0 Å². The maximum Gasteiger partial charge on any atom is 0.607 e. The zero-order valence-corrected chi connectivity index (χ0v) is 29.2. The summed E-state index contributed by atoms with van der Waals surface area (Å²) < 4.78 is 27.0. The Morgan fingerprint density at radius 1 is 0.938 bits per heavy atom. The molecule has 2 aliphatic rings. The molecule has 0 bridgehead atoms. The number of pyridine rings is 2. The Morgan fingerprint density at radius 3 is 2.08 bits per heavy atom. The number of aromatic nitrogens is 2. The van der Waals surface area contributed by atoms with Gasteiger partial charge in [0.05, 0.1) is 14.2 Å². The van der Waals surface area contributed by atoms with E-state index in [1.165, 1.54) is 34.6 Å². The molecule has 11 heteroatoms. The highest BCUT2D eigenvalue weighted by molar-refractivity contribution is 5.92. The zero-order chi connectivity index (χ0) is 35.4. The number of aryl methyl sites for hydroxylation is 1. The Balaban J connectivity index is 0.000000246. The van der Waals surface area contributed by atoms with Gasteiger partial charge in [-0.05, 0) is 70.4 Å². The van der Waals surface area contributed by atoms with E-state index in [1.54, 1.807) is 63.1 Å². The van der Waals surface area contributed by atoms with Gasteiger partial charge < -0.3 is 23.7 Å². The Hall–Kier alpha value is -4.77. The number of rotatable bonds is 5. The number of hydrogen-bond donors (Lipinski definition) is 0. The van der Waals surface area contributed by atoms with Crippen molar-refractivity contribution in [1.82, 2.24) is 9.88 Å². The van der Waals surface area contributed by atoms with Crippen LogP contribution in [0.4, 0.5) is 9.59 Å². The fourth-order valence-corrected chi connectivity index (χ4v) is 4.28. The van der Waals surface area contributed by atoms with Gasteiger partial charge in [-0.1, -0.05) is 36.6 Å². The number of hydrogen-bond acceptors (Lipinski definition) is 9. The monoisotopic (exact) mass is 664 g/mol. The van der Waals surface area contributed by atoms with Crippen molar-refractivity contribution in [3.05, 3.63) is 91.2 Å². The highest BCUT2D eigenvalue weighted by Crippen LogP contribution is 2.19. The highest BCUT2D eigenvalue weighted by atomic mass is 16.6. The van der Waals surface area contributed by atoms with E-state index in [9.17, 15) is 14.4 Å². The predicted octanol–water partition coefficient (Wildman–Crippen LogP) is 6.97. The molecular weight excluding hydrogens is 614 g/mol. The largest absolute Gasteiger partial charge is 0.607 e. The van der Waals surface area contributed by atoms with Crippen LogP contribution < -0.4 is 18.8 Å². The number of benzene rings is 1. The summed E-state index contributed by atoms with van der Waals surface area (Å²) in [7, 11) is 3.23. The molecule has 1 unspecified atom stereocenters. The third-order valence-corrected chi connectivity index (χ3v) is 6.79. The standard InChI is InChI=1S/C15H16NO3.C12H19NO3.C6H7NO.C4H8O/c1-3-12-11-14(18-2)9-10-16(12)15(17)19-13-7-5-4-6-8-13;1-5-9-8-10(14)6-7-13(9)11(15)16-12(2,3)4;1-8-6-2-4-7-5-3-6;1-2-4-5-3-1/h4-11H,3H2,1-2H3;6-7,9H,5,8H2,1-4H3;2-5H,1H3;1-4H2/q+1;;;. The van der Waals surface area contributed by atoms with Crippen molar-refractivity contribution in [3.8, 4) is 17.2 Å². The van der Waals surface area contributed by atoms with Crippen molar-refractivity contribution < 1.29 is 42.6 Å². The molecule has 1 atom stereocenters. The van der Waals surface area contributed by atoms with Crippen LogP contribution >= 0.6 is 0 Å². The molecule has 0 N–H and O–H groups in total. The Morgan fingerprint density at radius 2 is 1.58 bits per heavy atom. The van der Waals surface area contributed by atoms with Crippen LogP contribution in [0.2, 0.25) is 0 Å². The second-order valence-corrected chi connectivity index (χ2v) is 11.6. The van der Waals surface area contributed by atoms with E-state index in [1.807, 2.05) is 58.9 Å². The van der Waals surface area contributed by atoms with Crippen molar-refractivity contribution in [2.45, 2.75) is 78.4 Å². The molecule has 3 aromatic rings. The first kappa shape index (κ1) is 39.4. The van der Waals surface area contributed by atoms with Crippen molar-refractivity contribution in [1.29, 1.82) is 0 Å². The predicted molar refractivity (Wildman–Crippen MR) is 182 cm³/mol. The van der Waals surface area contributed by atoms with Crippen LogP contribution in [-0.2, 0) is 20.7 Å². The maximum absolute atomic E-state index is 12.1. The second kappa shape index (κ2) is 21.2. The minimum absolute atomic E-state index is 0.0617. The van der Waals surface area contributed by atoms with E-state index in [-0.39, 0.29) is 17.9 Å². The lowest BCUT2D eigenvalue weighted by Gasteiger charge is -2.32. The van der Waals surface area contributed by atoms with Crippen LogP contribution in [0.25, 0.3) is 0 Å². The van der Waals surface area contributed by atoms with E-state index in [2.05, 4.69) is 4.98 Å². The third kappa shape index (κ3) is 14.8. The van der Waals surface area contributed by atoms with Gasteiger partial charge in [0.15, 0.2) is 17.7 Å². The molecule has 0 spiro atoms. The molecule has 1 saturated heterocycles. The van der Waals surface area contributed by atoms with Gasteiger partial charge in [-0.25, -0.2) is 4.79 Å². The SMILES string of the molecule is C1CCOC1.CCC1CC(=O)C=CN1C(=O)OC(C)(C)C.CCc1cc(OC)cc[n+]1C(=O)Oc1ccccc1.COc1ccncc1. The average Bonchev–Trinajstić information content (AvgIpc) is 3.69. The maximum atomic E-state index is 12.1. The number of allylic oxidation sites excluding steroid dienone is 1. The van der Waals surface area contributed by atoms with Gasteiger partial charge in [-0.15, -0.1) is 0 Å². The van der Waals surface area contributed by atoms with Gasteiger partial charge in [-0.3, -0.25) is 14.7 Å². The zero-order valence-electron chi connectivity index (χ0n) is 29.2. The van der Waals surface area contributed by atoms with Crippen LogP contribution in [0.15, 0.2) is 85.5 Å². The molecule has 48 heavy (non-hydrogen) atoms. The Labute approximate surface area is 284 Å². The van der Waals surface area contributed by atoms with E-state index >= 15 is 0 Å². The second-order valence-electron chi connectivity index (χ2n) is 11.6. The van der Waals surface area contributed by atoms with Gasteiger partial charge >= 0.3 is 12.2 Å². The average molecular weight is 665 g/mol. The molecule has 0 radical (unpaired) electrons. The van der Waals surface area contributed by atoms with Gasteiger partial charge in [0.2, 0.25) is 0 Å². The smallest absolute Gasteiger partial charge is 0.497 e. The van der Waals surface area contributed by atoms with Gasteiger partial charge in [0, 0.05) is 62.8 Å². The van der Waals surface area contributed by atoms with Crippen molar-refractivity contribution in [2.75, 3.05) is 27.4 Å². The van der Waals surface area contributed by atoms with E-state index < -0.39 is 11.7 Å². The van der Waals surface area contributed by atoms with E-state index in [0.29, 0.717) is 18.6 Å². The molecule has 4 heterocycles. The molecule has 0 saturated carbocycles. The Kier molecular flexibility index (Phi) is 17.4. The first-order chi connectivity index (χ1) is 23.0. The number of para-hydroxylation sites is 1. The summed E-state index contributed by atoms with van der Waals surface area (Å²) >= 11 is 0. The van der Waals surface area contributed by atoms with Crippen LogP contribution in [0.5, 0.6) is 17.2 Å². The first-order valence-corrected chi connectivity index (χ1v) is 16.1. The lowest BCUT2D eigenvalue weighted by atomic mass is 10.0. The topological polar surface area (TPSA) is 117 Å². The number of ether oxygens (including phenoxy) is 5. The van der Waals surface area contributed by atoms with Crippen LogP contribution in [-0.4, -0.2) is 66.9 Å². The van der Waals surface area contributed by atoms with Crippen molar-refractivity contribution in [2.24, 2.45) is 0 Å². The summed E-state index contributed by atoms with van der Waals surface area (Å²) in [5, 5.41) is 0. The molecule has 2 aliphatic heterocycles.